The Kier molecular flexibility index (Phi) is 10.0. The van der Waals surface area contributed by atoms with E-state index in [2.05, 4.69) is 61.0 Å². The third kappa shape index (κ3) is 8.71. The zero-order valence-electron chi connectivity index (χ0n) is 23.8. The molecule has 1 aromatic carbocycles. The van der Waals surface area contributed by atoms with Crippen LogP contribution >= 0.6 is 0 Å². The van der Waals surface area contributed by atoms with E-state index in [9.17, 15) is 19.5 Å². The predicted octanol–water partition coefficient (Wildman–Crippen LogP) is 3.12. The fourth-order valence-corrected chi connectivity index (χ4v) is 4.69. The average molecular weight is 598 g/mol. The maximum Gasteiger partial charge on any atom is 0.410 e. The molecule has 0 fully saturated rings. The summed E-state index contributed by atoms with van der Waals surface area (Å²) in [5, 5.41) is 33.5. The van der Waals surface area contributed by atoms with Crippen LogP contribution in [0.1, 0.15) is 18.7 Å². The quantitative estimate of drug-likeness (QED) is 0.0995. The summed E-state index contributed by atoms with van der Waals surface area (Å²) in [6.07, 6.45) is 1.28. The average Bonchev–Trinajstić information content (AvgIpc) is 3.57. The van der Waals surface area contributed by atoms with E-state index in [1.807, 2.05) is 12.1 Å². The lowest BCUT2D eigenvalue weighted by Gasteiger charge is -2.15. The second-order valence-electron chi connectivity index (χ2n) is 10.8. The minimum atomic E-state index is -1.28. The van der Waals surface area contributed by atoms with Crippen LogP contribution in [0.4, 0.5) is 16.4 Å². The molecule has 4 rings (SSSR count). The molecule has 5 N–H and O–H groups in total. The minimum Gasteiger partial charge on any atom is -0.465 e. The molecule has 42 heavy (non-hydrogen) atoms. The van der Waals surface area contributed by atoms with Gasteiger partial charge >= 0.3 is 6.09 Å². The fraction of sp³-hybridized carbons (Fsp3) is 0.423. The number of anilines is 2. The Balaban J connectivity index is 1.23. The number of nitrogens with zero attached hydrogens (tertiary/aromatic N) is 5. The van der Waals surface area contributed by atoms with Gasteiger partial charge in [0.05, 0.1) is 10.9 Å². The van der Waals surface area contributed by atoms with E-state index in [4.69, 9.17) is 9.26 Å². The third-order valence-corrected chi connectivity index (χ3v) is 7.85. The number of benzene rings is 1. The monoisotopic (exact) mass is 597 g/mol. The van der Waals surface area contributed by atoms with Gasteiger partial charge in [0.25, 0.3) is 5.56 Å². The normalized spacial score (nSPS) is 11.5. The van der Waals surface area contributed by atoms with Crippen molar-refractivity contribution in [2.45, 2.75) is 51.7 Å². The van der Waals surface area contributed by atoms with Gasteiger partial charge in [0.1, 0.15) is 6.73 Å². The summed E-state index contributed by atoms with van der Waals surface area (Å²) < 4.78 is 12.5. The number of H-pyrrole nitrogens is 1. The van der Waals surface area contributed by atoms with Gasteiger partial charge in [-0.1, -0.05) is 43.0 Å². The molecule has 4 aromatic rings. The van der Waals surface area contributed by atoms with Gasteiger partial charge in [-0.25, -0.2) is 14.6 Å². The number of amides is 2. The van der Waals surface area contributed by atoms with Crippen LogP contribution < -0.4 is 21.5 Å². The van der Waals surface area contributed by atoms with Crippen molar-refractivity contribution in [3.63, 3.8) is 0 Å². The molecule has 224 valence electrons. The van der Waals surface area contributed by atoms with E-state index >= 15 is 0 Å². The zero-order valence-corrected chi connectivity index (χ0v) is 24.8. The van der Waals surface area contributed by atoms with Crippen molar-refractivity contribution in [3.8, 4) is 11.4 Å². The second-order valence-corrected chi connectivity index (χ2v) is 16.4. The molecule has 0 aliphatic heterocycles. The molecule has 0 radical (unpaired) electrons. The number of hydrogen-bond donors (Lipinski definition) is 5. The number of ether oxygens (including phenoxy) is 1. The first-order chi connectivity index (χ1) is 20.1. The Morgan fingerprint density at radius 2 is 1.93 bits per heavy atom. The highest BCUT2D eigenvalue weighted by Gasteiger charge is 2.19. The molecule has 0 atom stereocenters. The topological polar surface area (TPSA) is 202 Å². The van der Waals surface area contributed by atoms with Gasteiger partial charge < -0.3 is 25.0 Å². The molecule has 3 aromatic heterocycles. The summed E-state index contributed by atoms with van der Waals surface area (Å²) in [5.41, 5.74) is 0.0879. The molecule has 15 nitrogen and oxygen atoms in total. The first-order valence-electron chi connectivity index (χ1n) is 13.5. The van der Waals surface area contributed by atoms with Gasteiger partial charge in [-0.2, -0.15) is 15.2 Å². The molecular weight excluding hydrogens is 562 g/mol. The lowest BCUT2D eigenvalue weighted by atomic mass is 10.2. The van der Waals surface area contributed by atoms with Crippen molar-refractivity contribution in [3.05, 3.63) is 46.7 Å². The highest BCUT2D eigenvalue weighted by atomic mass is 28.3. The molecule has 0 saturated carbocycles. The van der Waals surface area contributed by atoms with Crippen LogP contribution in [0.25, 0.3) is 22.2 Å². The van der Waals surface area contributed by atoms with E-state index in [0.717, 1.165) is 11.4 Å². The molecule has 3 heterocycles. The Morgan fingerprint density at radius 3 is 2.69 bits per heavy atom. The van der Waals surface area contributed by atoms with Crippen LogP contribution in [0.5, 0.6) is 0 Å². The molecule has 0 aliphatic carbocycles. The molecular formula is C26H35N9O6Si. The van der Waals surface area contributed by atoms with E-state index in [-0.39, 0.29) is 48.6 Å². The Morgan fingerprint density at radius 1 is 1.14 bits per heavy atom. The van der Waals surface area contributed by atoms with Crippen LogP contribution in [0.3, 0.4) is 0 Å². The van der Waals surface area contributed by atoms with E-state index in [1.165, 1.54) is 4.68 Å². The molecule has 0 saturated heterocycles. The lowest BCUT2D eigenvalue weighted by Crippen LogP contribution is -2.26. The zero-order chi connectivity index (χ0) is 30.1. The van der Waals surface area contributed by atoms with Crippen molar-refractivity contribution < 1.29 is 24.0 Å². The van der Waals surface area contributed by atoms with Crippen LogP contribution in [-0.4, -0.2) is 75.0 Å². The SMILES string of the molecule is C[Si](C)(C)CCOCn1cc(-c2noc(CCC(=O)NCCCNc3n[nH]c(=O)c4ccccc34)n2)c(NC(=O)O)n1. The number of carboxylic acid groups (broad SMARTS) is 1. The summed E-state index contributed by atoms with van der Waals surface area (Å²) in [4.78, 5) is 39.8. The number of fused-ring (bicyclic) bond motifs is 1. The summed E-state index contributed by atoms with van der Waals surface area (Å²) in [5.74, 6) is 0.833. The molecule has 16 heteroatoms. The second kappa shape index (κ2) is 13.9. The number of nitrogens with one attached hydrogen (secondary N) is 4. The van der Waals surface area contributed by atoms with Crippen LogP contribution in [-0.2, 0) is 22.7 Å². The fourth-order valence-electron chi connectivity index (χ4n) is 3.93. The van der Waals surface area contributed by atoms with Gasteiger partial charge in [-0.15, -0.1) is 0 Å². The van der Waals surface area contributed by atoms with Gasteiger partial charge in [-0.05, 0) is 18.5 Å². The molecule has 0 spiro atoms. The molecule has 0 bridgehead atoms. The number of rotatable bonds is 15. The largest absolute Gasteiger partial charge is 0.465 e. The Bertz CT molecular complexity index is 1580. The van der Waals surface area contributed by atoms with Crippen LogP contribution in [0.2, 0.25) is 25.7 Å². The maximum atomic E-state index is 12.3. The number of carbonyl (C=O) groups is 2. The summed E-state index contributed by atoms with van der Waals surface area (Å²) in [7, 11) is -1.24. The van der Waals surface area contributed by atoms with E-state index in [1.54, 1.807) is 18.3 Å². The molecule has 0 aliphatic rings. The van der Waals surface area contributed by atoms with Gasteiger partial charge in [0.15, 0.2) is 11.6 Å². The number of carbonyl (C=O) groups excluding carboxylic acids is 1. The molecule has 2 amide bonds. The van der Waals surface area contributed by atoms with Crippen LogP contribution in [0, 0.1) is 0 Å². The van der Waals surface area contributed by atoms with Gasteiger partial charge in [0, 0.05) is 52.2 Å². The standard InChI is InChI=1S/C26H35N9O6Si/c1-42(2,3)14-13-40-16-35-15-19(23(33-35)30-26(38)39)24-29-21(41-34-24)10-9-20(36)27-11-6-12-28-22-17-7-4-5-8-18(17)25(37)32-31-22/h4-5,7-8,15H,6,9-14,16H2,1-3H3,(H,27,36)(H,28,31)(H,30,33)(H,32,37)(H,38,39). The third-order valence-electron chi connectivity index (χ3n) is 6.15. The first kappa shape index (κ1) is 30.4. The van der Waals surface area contributed by atoms with E-state index < -0.39 is 14.2 Å². The van der Waals surface area contributed by atoms with Crippen molar-refractivity contribution in [2.24, 2.45) is 0 Å². The van der Waals surface area contributed by atoms with Crippen molar-refractivity contribution in [1.29, 1.82) is 0 Å². The lowest BCUT2D eigenvalue weighted by molar-refractivity contribution is -0.121. The number of hydrogen-bond acceptors (Lipinski definition) is 10. The number of aromatic amines is 1. The summed E-state index contributed by atoms with van der Waals surface area (Å²) in [6.45, 7) is 8.47. The predicted molar refractivity (Wildman–Crippen MR) is 158 cm³/mol. The number of aryl methyl sites for hydroxylation is 1. The number of aromatic nitrogens is 6. The van der Waals surface area contributed by atoms with Gasteiger partial charge in [0.2, 0.25) is 17.6 Å². The highest BCUT2D eigenvalue weighted by molar-refractivity contribution is 6.76. The Labute approximate surface area is 242 Å². The first-order valence-corrected chi connectivity index (χ1v) is 17.3. The minimum absolute atomic E-state index is 0.0556. The Hall–Kier alpha value is -4.57. The molecule has 0 unspecified atom stereocenters. The maximum absolute atomic E-state index is 12.3. The van der Waals surface area contributed by atoms with Gasteiger partial charge in [-0.3, -0.25) is 14.9 Å². The summed E-state index contributed by atoms with van der Waals surface area (Å²) in [6, 6.07) is 8.18. The smallest absolute Gasteiger partial charge is 0.410 e. The highest BCUT2D eigenvalue weighted by Crippen LogP contribution is 2.25. The van der Waals surface area contributed by atoms with E-state index in [0.29, 0.717) is 42.9 Å². The summed E-state index contributed by atoms with van der Waals surface area (Å²) >= 11 is 0. The van der Waals surface area contributed by atoms with Crippen molar-refractivity contribution >= 4 is 42.5 Å². The van der Waals surface area contributed by atoms with Crippen molar-refractivity contribution in [2.75, 3.05) is 30.3 Å². The van der Waals surface area contributed by atoms with Crippen molar-refractivity contribution in [1.82, 2.24) is 35.4 Å². The van der Waals surface area contributed by atoms with Crippen LogP contribution in [0.15, 0.2) is 39.8 Å².